The Morgan fingerprint density at radius 3 is 2.16 bits per heavy atom. The van der Waals surface area contributed by atoms with Gasteiger partial charge >= 0.3 is 0 Å². The minimum atomic E-state index is 0.528. The van der Waals surface area contributed by atoms with E-state index >= 15 is 0 Å². The molecule has 0 saturated heterocycles. The van der Waals surface area contributed by atoms with Gasteiger partial charge in [-0.25, -0.2) is 0 Å². The second-order valence-corrected chi connectivity index (χ2v) is 5.89. The maximum absolute atomic E-state index is 5.55. The minimum absolute atomic E-state index is 0.528. The van der Waals surface area contributed by atoms with Gasteiger partial charge in [-0.3, -0.25) is 0 Å². The van der Waals surface area contributed by atoms with Crippen LogP contribution in [0.15, 0.2) is 84.9 Å². The molecule has 0 fully saturated rings. The van der Waals surface area contributed by atoms with Crippen molar-refractivity contribution in [1.82, 2.24) is 5.10 Å². The second-order valence-electron chi connectivity index (χ2n) is 5.89. The average Bonchev–Trinajstić information content (AvgIpc) is 2.69. The number of benzene rings is 3. The van der Waals surface area contributed by atoms with E-state index < -0.39 is 0 Å². The van der Waals surface area contributed by atoms with E-state index in [0.29, 0.717) is 6.61 Å². The van der Waals surface area contributed by atoms with Crippen LogP contribution >= 0.6 is 0 Å². The summed E-state index contributed by atoms with van der Waals surface area (Å²) in [5, 5.41) is 6.05. The lowest BCUT2D eigenvalue weighted by Crippen LogP contribution is -2.39. The van der Waals surface area contributed by atoms with E-state index in [1.165, 1.54) is 0 Å². The summed E-state index contributed by atoms with van der Waals surface area (Å²) in [6.07, 6.45) is 0. The number of hydrogen-bond donors (Lipinski definition) is 0. The summed E-state index contributed by atoms with van der Waals surface area (Å²) < 4.78 is 7.57. The topological polar surface area (TPSA) is 26.0 Å². The summed E-state index contributed by atoms with van der Waals surface area (Å²) in [6.45, 7) is 0.528. The summed E-state index contributed by atoms with van der Waals surface area (Å²) in [7, 11) is 1.73. The number of hydrogen-bond acceptors (Lipinski definition) is 2. The molecule has 1 aromatic heterocycles. The van der Waals surface area contributed by atoms with Gasteiger partial charge in [0.1, 0.15) is 5.52 Å². The highest BCUT2D eigenvalue weighted by molar-refractivity contribution is 5.85. The maximum atomic E-state index is 5.55. The molecule has 0 saturated carbocycles. The number of fused-ring (bicyclic) bond motifs is 1. The van der Waals surface area contributed by atoms with Crippen LogP contribution in [0.3, 0.4) is 0 Å². The number of nitrogens with zero attached hydrogens (tertiary/aromatic N) is 2. The van der Waals surface area contributed by atoms with Gasteiger partial charge in [-0.05, 0) is 22.9 Å². The first kappa shape index (κ1) is 15.5. The van der Waals surface area contributed by atoms with Crippen molar-refractivity contribution in [3.63, 3.8) is 0 Å². The van der Waals surface area contributed by atoms with Crippen LogP contribution in [0.5, 0.6) is 0 Å². The zero-order valence-corrected chi connectivity index (χ0v) is 14.1. The lowest BCUT2D eigenvalue weighted by atomic mass is 10.0. The fourth-order valence-corrected chi connectivity index (χ4v) is 3.17. The van der Waals surface area contributed by atoms with Gasteiger partial charge in [0, 0.05) is 35.3 Å². The Morgan fingerprint density at radius 1 is 0.800 bits per heavy atom. The van der Waals surface area contributed by atoms with Crippen molar-refractivity contribution in [2.24, 2.45) is 0 Å². The summed E-state index contributed by atoms with van der Waals surface area (Å²) in [6, 6.07) is 28.8. The molecule has 0 aliphatic carbocycles. The van der Waals surface area contributed by atoms with Gasteiger partial charge in [0.05, 0.1) is 12.2 Å². The quantitative estimate of drug-likeness (QED) is 0.522. The SMILES string of the molecule is COCc1c(-c2ccccc2)[n+](-c2ccccc2)nc2ccccc12. The number of rotatable bonds is 4. The summed E-state index contributed by atoms with van der Waals surface area (Å²) in [4.78, 5) is 0. The highest BCUT2D eigenvalue weighted by Gasteiger charge is 2.25. The standard InChI is InChI=1S/C22H19N2O/c1-25-16-20-19-14-8-9-15-21(19)23-24(18-12-6-3-7-13-18)22(20)17-10-4-2-5-11-17/h2-15H,16H2,1H3/q+1. The third kappa shape index (κ3) is 2.90. The molecule has 0 unspecified atom stereocenters. The highest BCUT2D eigenvalue weighted by Crippen LogP contribution is 2.27. The zero-order chi connectivity index (χ0) is 17.1. The number of para-hydroxylation sites is 1. The van der Waals surface area contributed by atoms with Crippen molar-refractivity contribution in [2.75, 3.05) is 7.11 Å². The molecule has 0 radical (unpaired) electrons. The molecule has 122 valence electrons. The third-order valence-electron chi connectivity index (χ3n) is 4.27. The number of ether oxygens (including phenoxy) is 1. The predicted molar refractivity (Wildman–Crippen MR) is 99.4 cm³/mol. The van der Waals surface area contributed by atoms with Gasteiger partial charge in [-0.15, -0.1) is 0 Å². The fraction of sp³-hybridized carbons (Fsp3) is 0.0909. The van der Waals surface area contributed by atoms with E-state index in [9.17, 15) is 0 Å². The van der Waals surface area contributed by atoms with Crippen LogP contribution in [-0.2, 0) is 11.3 Å². The van der Waals surface area contributed by atoms with Crippen molar-refractivity contribution >= 4 is 10.9 Å². The number of aromatic nitrogens is 2. The third-order valence-corrected chi connectivity index (χ3v) is 4.27. The lowest BCUT2D eigenvalue weighted by molar-refractivity contribution is -0.646. The first-order valence-electron chi connectivity index (χ1n) is 8.32. The van der Waals surface area contributed by atoms with Crippen LogP contribution in [0.2, 0.25) is 0 Å². The average molecular weight is 327 g/mol. The Balaban J connectivity index is 2.12. The largest absolute Gasteiger partial charge is 0.380 e. The van der Waals surface area contributed by atoms with Crippen LogP contribution in [0, 0.1) is 0 Å². The van der Waals surface area contributed by atoms with Crippen LogP contribution in [0.25, 0.3) is 27.8 Å². The molecule has 0 N–H and O–H groups in total. The summed E-state index contributed by atoms with van der Waals surface area (Å²) in [5.41, 5.74) is 5.31. The van der Waals surface area contributed by atoms with Crippen molar-refractivity contribution in [2.45, 2.75) is 6.61 Å². The zero-order valence-electron chi connectivity index (χ0n) is 14.1. The van der Waals surface area contributed by atoms with Gasteiger partial charge < -0.3 is 4.74 Å². The lowest BCUT2D eigenvalue weighted by Gasteiger charge is -2.10. The smallest absolute Gasteiger partial charge is 0.252 e. The van der Waals surface area contributed by atoms with Gasteiger partial charge in [-0.1, -0.05) is 54.6 Å². The van der Waals surface area contributed by atoms with E-state index in [1.807, 2.05) is 47.1 Å². The van der Waals surface area contributed by atoms with Crippen LogP contribution in [0.4, 0.5) is 0 Å². The van der Waals surface area contributed by atoms with Gasteiger partial charge in [-0.2, -0.15) is 0 Å². The summed E-state index contributed by atoms with van der Waals surface area (Å²) in [5.74, 6) is 0. The monoisotopic (exact) mass is 327 g/mol. The van der Waals surface area contributed by atoms with E-state index in [2.05, 4.69) is 42.5 Å². The highest BCUT2D eigenvalue weighted by atomic mass is 16.5. The molecule has 3 nitrogen and oxygen atoms in total. The van der Waals surface area contributed by atoms with Crippen LogP contribution in [-0.4, -0.2) is 12.2 Å². The Morgan fingerprint density at radius 2 is 1.44 bits per heavy atom. The molecule has 3 heteroatoms. The molecule has 0 atom stereocenters. The normalized spacial score (nSPS) is 10.9. The van der Waals surface area contributed by atoms with Gasteiger partial charge in [0.2, 0.25) is 5.69 Å². The van der Waals surface area contributed by atoms with E-state index in [1.54, 1.807) is 7.11 Å². The van der Waals surface area contributed by atoms with Crippen molar-refractivity contribution < 1.29 is 9.42 Å². The molecule has 25 heavy (non-hydrogen) atoms. The molecule has 3 aromatic carbocycles. The Labute approximate surface area is 147 Å². The first-order valence-corrected chi connectivity index (χ1v) is 8.32. The van der Waals surface area contributed by atoms with Crippen molar-refractivity contribution in [1.29, 1.82) is 0 Å². The summed E-state index contributed by atoms with van der Waals surface area (Å²) >= 11 is 0. The minimum Gasteiger partial charge on any atom is -0.380 e. The second kappa shape index (κ2) is 6.83. The molecular formula is C22H19N2O+. The molecular weight excluding hydrogens is 308 g/mol. The van der Waals surface area contributed by atoms with Gasteiger partial charge in [0.15, 0.2) is 0 Å². The Kier molecular flexibility index (Phi) is 4.23. The van der Waals surface area contributed by atoms with Gasteiger partial charge in [0.25, 0.3) is 5.69 Å². The predicted octanol–water partition coefficient (Wildman–Crippen LogP) is 4.32. The van der Waals surface area contributed by atoms with Crippen molar-refractivity contribution in [3.05, 3.63) is 90.5 Å². The fourth-order valence-electron chi connectivity index (χ4n) is 3.17. The van der Waals surface area contributed by atoms with E-state index in [4.69, 9.17) is 9.84 Å². The Bertz CT molecular complexity index is 998. The molecule has 1 heterocycles. The Hall–Kier alpha value is -3.04. The molecule has 0 amide bonds. The first-order chi connectivity index (χ1) is 12.4. The maximum Gasteiger partial charge on any atom is 0.252 e. The molecule has 0 bridgehead atoms. The molecule has 0 spiro atoms. The molecule has 0 aliphatic rings. The van der Waals surface area contributed by atoms with E-state index in [-0.39, 0.29) is 0 Å². The van der Waals surface area contributed by atoms with Crippen LogP contribution < -0.4 is 4.68 Å². The number of methoxy groups -OCH3 is 1. The van der Waals surface area contributed by atoms with E-state index in [0.717, 1.165) is 33.4 Å². The van der Waals surface area contributed by atoms with Crippen molar-refractivity contribution in [3.8, 4) is 16.9 Å². The molecule has 0 aliphatic heterocycles. The van der Waals surface area contributed by atoms with Crippen LogP contribution in [0.1, 0.15) is 5.56 Å². The molecule has 4 rings (SSSR count). The molecule has 4 aromatic rings.